The summed E-state index contributed by atoms with van der Waals surface area (Å²) in [6, 6.07) is 15.8. The third kappa shape index (κ3) is 7.06. The topological polar surface area (TPSA) is 66.5 Å². The molecule has 146 valence electrons. The molecule has 0 aliphatic heterocycles. The van der Waals surface area contributed by atoms with E-state index in [1.165, 1.54) is 16.1 Å². The second-order valence-electron chi connectivity index (χ2n) is 6.87. The van der Waals surface area contributed by atoms with Gasteiger partial charge in [-0.2, -0.15) is 0 Å². The summed E-state index contributed by atoms with van der Waals surface area (Å²) >= 11 is 0. The largest absolute Gasteiger partial charge is 0.356 e. The van der Waals surface area contributed by atoms with Crippen LogP contribution in [0.25, 0.3) is 0 Å². The molecule has 0 saturated heterocycles. The summed E-state index contributed by atoms with van der Waals surface area (Å²) in [7, 11) is -3.46. The Kier molecular flexibility index (Phi) is 7.42. The third-order valence-corrected chi connectivity index (χ3v) is 5.44. The highest BCUT2D eigenvalue weighted by Crippen LogP contribution is 2.21. The minimum atomic E-state index is -3.46. The number of nitrogens with zero attached hydrogens (tertiary/aromatic N) is 1. The van der Waals surface area contributed by atoms with Crippen LogP contribution in [0.1, 0.15) is 29.5 Å². The van der Waals surface area contributed by atoms with Gasteiger partial charge in [0, 0.05) is 19.5 Å². The van der Waals surface area contributed by atoms with Crippen LogP contribution >= 0.6 is 0 Å². The fourth-order valence-corrected chi connectivity index (χ4v) is 3.95. The molecule has 2 aromatic carbocycles. The van der Waals surface area contributed by atoms with Crippen LogP contribution in [-0.2, 0) is 21.2 Å². The lowest BCUT2D eigenvalue weighted by molar-refractivity contribution is -0.120. The van der Waals surface area contributed by atoms with Gasteiger partial charge in [0.2, 0.25) is 15.9 Å². The second-order valence-corrected chi connectivity index (χ2v) is 8.78. The van der Waals surface area contributed by atoms with E-state index >= 15 is 0 Å². The van der Waals surface area contributed by atoms with Gasteiger partial charge in [0.15, 0.2) is 0 Å². The van der Waals surface area contributed by atoms with Crippen LogP contribution in [-0.4, -0.2) is 33.7 Å². The van der Waals surface area contributed by atoms with Gasteiger partial charge in [0.05, 0.1) is 11.9 Å². The van der Waals surface area contributed by atoms with Crippen molar-refractivity contribution >= 4 is 21.6 Å². The molecule has 1 N–H and O–H groups in total. The number of hydrogen-bond donors (Lipinski definition) is 1. The van der Waals surface area contributed by atoms with Crippen molar-refractivity contribution in [3.8, 4) is 0 Å². The molecule has 0 aliphatic rings. The van der Waals surface area contributed by atoms with Gasteiger partial charge in [0.1, 0.15) is 0 Å². The molecular formula is C21H28N2O3S. The van der Waals surface area contributed by atoms with Crippen LogP contribution in [0.3, 0.4) is 0 Å². The van der Waals surface area contributed by atoms with Gasteiger partial charge in [-0.15, -0.1) is 0 Å². The standard InChI is InChI=1S/C21H28N2O3S/c1-17-14-18(2)16-20(15-17)23(27(3,25)26)13-11-21(24)22-12-7-10-19-8-5-4-6-9-19/h4-6,8-9,14-16H,7,10-13H2,1-3H3,(H,22,24). The zero-order valence-electron chi connectivity index (χ0n) is 16.2. The molecule has 0 aromatic heterocycles. The number of rotatable bonds is 9. The first-order valence-corrected chi connectivity index (χ1v) is 11.0. The predicted molar refractivity (Wildman–Crippen MR) is 110 cm³/mol. The Hall–Kier alpha value is -2.34. The monoisotopic (exact) mass is 388 g/mol. The lowest BCUT2D eigenvalue weighted by Gasteiger charge is -2.23. The highest BCUT2D eigenvalue weighted by molar-refractivity contribution is 7.92. The number of benzene rings is 2. The van der Waals surface area contributed by atoms with Crippen molar-refractivity contribution in [2.45, 2.75) is 33.1 Å². The Labute approximate surface area is 162 Å². The van der Waals surface area contributed by atoms with Crippen molar-refractivity contribution in [3.63, 3.8) is 0 Å². The van der Waals surface area contributed by atoms with Crippen LogP contribution in [0, 0.1) is 13.8 Å². The van der Waals surface area contributed by atoms with Gasteiger partial charge in [0.25, 0.3) is 0 Å². The molecule has 0 fully saturated rings. The third-order valence-electron chi connectivity index (χ3n) is 4.24. The number of carbonyl (C=O) groups excluding carboxylic acids is 1. The highest BCUT2D eigenvalue weighted by Gasteiger charge is 2.19. The minimum absolute atomic E-state index is 0.130. The van der Waals surface area contributed by atoms with Gasteiger partial charge in [-0.05, 0) is 55.5 Å². The molecule has 0 atom stereocenters. The first-order chi connectivity index (χ1) is 12.8. The Morgan fingerprint density at radius 3 is 2.26 bits per heavy atom. The smallest absolute Gasteiger partial charge is 0.232 e. The van der Waals surface area contributed by atoms with Crippen molar-refractivity contribution in [2.24, 2.45) is 0 Å². The molecular weight excluding hydrogens is 360 g/mol. The zero-order valence-corrected chi connectivity index (χ0v) is 17.1. The number of aryl methyl sites for hydroxylation is 3. The van der Waals surface area contributed by atoms with E-state index in [0.29, 0.717) is 12.2 Å². The number of nitrogens with one attached hydrogen (secondary N) is 1. The highest BCUT2D eigenvalue weighted by atomic mass is 32.2. The summed E-state index contributed by atoms with van der Waals surface area (Å²) in [6.45, 7) is 4.56. The SMILES string of the molecule is Cc1cc(C)cc(N(CCC(=O)NCCCc2ccccc2)S(C)(=O)=O)c1. The van der Waals surface area contributed by atoms with E-state index in [1.807, 2.05) is 50.2 Å². The van der Waals surface area contributed by atoms with Gasteiger partial charge >= 0.3 is 0 Å². The van der Waals surface area contributed by atoms with E-state index < -0.39 is 10.0 Å². The molecule has 5 nitrogen and oxygen atoms in total. The Balaban J connectivity index is 1.86. The van der Waals surface area contributed by atoms with Gasteiger partial charge < -0.3 is 5.32 Å². The number of hydrogen-bond acceptors (Lipinski definition) is 3. The van der Waals surface area contributed by atoms with Gasteiger partial charge in [-0.1, -0.05) is 36.4 Å². The fraction of sp³-hybridized carbons (Fsp3) is 0.381. The molecule has 0 spiro atoms. The van der Waals surface area contributed by atoms with E-state index in [9.17, 15) is 13.2 Å². The molecule has 0 unspecified atom stereocenters. The number of sulfonamides is 1. The van der Waals surface area contributed by atoms with Gasteiger partial charge in [-0.25, -0.2) is 8.42 Å². The Morgan fingerprint density at radius 1 is 1.04 bits per heavy atom. The quantitative estimate of drug-likeness (QED) is 0.671. The van der Waals surface area contributed by atoms with Crippen molar-refractivity contribution < 1.29 is 13.2 Å². The molecule has 2 aromatic rings. The lowest BCUT2D eigenvalue weighted by atomic mass is 10.1. The fourth-order valence-electron chi connectivity index (χ4n) is 3.04. The lowest BCUT2D eigenvalue weighted by Crippen LogP contribution is -2.35. The molecule has 2 rings (SSSR count). The summed E-state index contributed by atoms with van der Waals surface area (Å²) in [6.07, 6.45) is 3.05. The Bertz CT molecular complexity index is 844. The van der Waals surface area contributed by atoms with Crippen molar-refractivity contribution in [1.29, 1.82) is 0 Å². The van der Waals surface area contributed by atoms with Gasteiger partial charge in [-0.3, -0.25) is 9.10 Å². The summed E-state index contributed by atoms with van der Waals surface area (Å²) in [5.41, 5.74) is 3.82. The number of amides is 1. The molecule has 6 heteroatoms. The van der Waals surface area contributed by atoms with E-state index in [1.54, 1.807) is 0 Å². The molecule has 0 heterocycles. The minimum Gasteiger partial charge on any atom is -0.356 e. The van der Waals surface area contributed by atoms with E-state index in [2.05, 4.69) is 17.4 Å². The maximum atomic E-state index is 12.2. The average Bonchev–Trinajstić information content (AvgIpc) is 2.58. The van der Waals surface area contributed by atoms with Crippen LogP contribution in [0.4, 0.5) is 5.69 Å². The molecule has 0 saturated carbocycles. The number of carbonyl (C=O) groups is 1. The van der Waals surface area contributed by atoms with E-state index in [4.69, 9.17) is 0 Å². The van der Waals surface area contributed by atoms with Crippen molar-refractivity contribution in [2.75, 3.05) is 23.7 Å². The van der Waals surface area contributed by atoms with Crippen molar-refractivity contribution in [1.82, 2.24) is 5.32 Å². The van der Waals surface area contributed by atoms with Crippen LogP contribution < -0.4 is 9.62 Å². The van der Waals surface area contributed by atoms with E-state index in [0.717, 1.165) is 24.0 Å². The first kappa shape index (κ1) is 21.0. The maximum Gasteiger partial charge on any atom is 0.232 e. The second kappa shape index (κ2) is 9.55. The normalized spacial score (nSPS) is 11.2. The molecule has 0 bridgehead atoms. The summed E-state index contributed by atoms with van der Waals surface area (Å²) in [5.74, 6) is -0.138. The molecule has 0 radical (unpaired) electrons. The van der Waals surface area contributed by atoms with Crippen LogP contribution in [0.15, 0.2) is 48.5 Å². The molecule has 1 amide bonds. The van der Waals surface area contributed by atoms with E-state index in [-0.39, 0.29) is 18.9 Å². The summed E-state index contributed by atoms with van der Waals surface area (Å²) < 4.78 is 25.7. The van der Waals surface area contributed by atoms with Crippen molar-refractivity contribution in [3.05, 3.63) is 65.2 Å². The molecule has 27 heavy (non-hydrogen) atoms. The number of anilines is 1. The first-order valence-electron chi connectivity index (χ1n) is 9.12. The summed E-state index contributed by atoms with van der Waals surface area (Å²) in [4.78, 5) is 12.1. The van der Waals surface area contributed by atoms with Crippen LogP contribution in [0.5, 0.6) is 0 Å². The predicted octanol–water partition coefficient (Wildman–Crippen LogP) is 3.21. The maximum absolute atomic E-state index is 12.2. The average molecular weight is 389 g/mol. The van der Waals surface area contributed by atoms with Crippen LogP contribution in [0.2, 0.25) is 0 Å². The molecule has 0 aliphatic carbocycles. The summed E-state index contributed by atoms with van der Waals surface area (Å²) in [5, 5.41) is 2.87. The zero-order chi connectivity index (χ0) is 19.9. The Morgan fingerprint density at radius 2 is 1.67 bits per heavy atom.